The number of carbonyl (C=O) groups is 1. The molecule has 6 nitrogen and oxygen atoms in total. The monoisotopic (exact) mass is 219 g/mol. The molecule has 1 aromatic carbocycles. The molecule has 0 fully saturated rings. The van der Waals surface area contributed by atoms with Crippen LogP contribution in [0.4, 0.5) is 4.79 Å². The lowest BCUT2D eigenvalue weighted by Gasteiger charge is -2.14. The maximum absolute atomic E-state index is 11.3. The second-order valence-electron chi connectivity index (χ2n) is 3.46. The van der Waals surface area contributed by atoms with Crippen LogP contribution in [0.2, 0.25) is 0 Å². The summed E-state index contributed by atoms with van der Waals surface area (Å²) < 4.78 is 0. The van der Waals surface area contributed by atoms with Crippen molar-refractivity contribution >= 4 is 17.1 Å². The number of fused-ring (bicyclic) bond motifs is 1. The van der Waals surface area contributed by atoms with Gasteiger partial charge in [-0.3, -0.25) is 0 Å². The third kappa shape index (κ3) is 1.95. The van der Waals surface area contributed by atoms with Gasteiger partial charge in [-0.1, -0.05) is 12.1 Å². The summed E-state index contributed by atoms with van der Waals surface area (Å²) in [6.07, 6.45) is 0. The smallest absolute Gasteiger partial charge is 0.318 e. The first-order valence-corrected chi connectivity index (χ1v) is 4.93. The minimum atomic E-state index is -0.165. The third-order valence-electron chi connectivity index (χ3n) is 2.23. The average Bonchev–Trinajstić information content (AvgIpc) is 2.69. The number of amides is 2. The molecule has 1 N–H and O–H groups in total. The molecule has 0 aliphatic heterocycles. The Bertz CT molecular complexity index is 474. The maximum atomic E-state index is 11.3. The van der Waals surface area contributed by atoms with Gasteiger partial charge < -0.3 is 10.2 Å². The van der Waals surface area contributed by atoms with Gasteiger partial charge in [0.1, 0.15) is 17.7 Å². The first-order chi connectivity index (χ1) is 7.70. The lowest BCUT2D eigenvalue weighted by atomic mass is 10.3. The summed E-state index contributed by atoms with van der Waals surface area (Å²) in [5.74, 6) is 0. The predicted molar refractivity (Wildman–Crippen MR) is 59.7 cm³/mol. The van der Waals surface area contributed by atoms with Crippen LogP contribution in [-0.2, 0) is 6.67 Å². The molecule has 2 aromatic rings. The molecule has 84 valence electrons. The Morgan fingerprint density at radius 3 is 2.44 bits per heavy atom. The number of aromatic nitrogens is 3. The summed E-state index contributed by atoms with van der Waals surface area (Å²) >= 11 is 0. The number of hydrogen-bond donors (Lipinski definition) is 1. The van der Waals surface area contributed by atoms with E-state index >= 15 is 0 Å². The molecule has 0 aliphatic carbocycles. The number of rotatable bonds is 2. The van der Waals surface area contributed by atoms with Crippen molar-refractivity contribution in [2.24, 2.45) is 0 Å². The molecule has 2 rings (SSSR count). The van der Waals surface area contributed by atoms with E-state index in [1.54, 1.807) is 14.1 Å². The van der Waals surface area contributed by atoms with E-state index in [0.717, 1.165) is 11.0 Å². The minimum Gasteiger partial charge on any atom is -0.341 e. The summed E-state index contributed by atoms with van der Waals surface area (Å²) in [5, 5.41) is 11.0. The number of nitrogens with zero attached hydrogens (tertiary/aromatic N) is 4. The Morgan fingerprint density at radius 2 is 1.94 bits per heavy atom. The lowest BCUT2D eigenvalue weighted by molar-refractivity contribution is 0.192. The van der Waals surface area contributed by atoms with Crippen molar-refractivity contribution in [1.29, 1.82) is 0 Å². The second kappa shape index (κ2) is 4.18. The Hall–Kier alpha value is -2.11. The molecule has 16 heavy (non-hydrogen) atoms. The number of hydrogen-bond acceptors (Lipinski definition) is 3. The van der Waals surface area contributed by atoms with E-state index in [1.807, 2.05) is 24.3 Å². The van der Waals surface area contributed by atoms with Gasteiger partial charge >= 0.3 is 6.03 Å². The fourth-order valence-electron chi connectivity index (χ4n) is 1.41. The first kappa shape index (κ1) is 10.4. The zero-order chi connectivity index (χ0) is 11.5. The van der Waals surface area contributed by atoms with Crippen molar-refractivity contribution in [3.05, 3.63) is 24.3 Å². The molecule has 1 heterocycles. The quantitative estimate of drug-likeness (QED) is 0.807. The van der Waals surface area contributed by atoms with Crippen molar-refractivity contribution < 1.29 is 4.79 Å². The molecule has 2 amide bonds. The molecular weight excluding hydrogens is 206 g/mol. The van der Waals surface area contributed by atoms with Gasteiger partial charge in [0, 0.05) is 14.1 Å². The number of carbonyl (C=O) groups excluding carboxylic acids is 1. The highest BCUT2D eigenvalue weighted by molar-refractivity contribution is 5.74. The van der Waals surface area contributed by atoms with E-state index in [9.17, 15) is 4.79 Å². The maximum Gasteiger partial charge on any atom is 0.318 e. The van der Waals surface area contributed by atoms with Gasteiger partial charge in [0.25, 0.3) is 0 Å². The van der Waals surface area contributed by atoms with Gasteiger partial charge in [-0.25, -0.2) is 4.79 Å². The molecule has 0 saturated heterocycles. The summed E-state index contributed by atoms with van der Waals surface area (Å²) in [6, 6.07) is 7.42. The molecule has 0 atom stereocenters. The lowest BCUT2D eigenvalue weighted by Crippen LogP contribution is -2.36. The molecule has 6 heteroatoms. The second-order valence-corrected chi connectivity index (χ2v) is 3.46. The van der Waals surface area contributed by atoms with E-state index in [2.05, 4.69) is 15.5 Å². The Balaban J connectivity index is 2.18. The molecule has 1 aromatic heterocycles. The Morgan fingerprint density at radius 1 is 1.38 bits per heavy atom. The normalized spacial score (nSPS) is 10.4. The molecule has 0 unspecified atom stereocenters. The summed E-state index contributed by atoms with van der Waals surface area (Å²) in [4.78, 5) is 14.3. The van der Waals surface area contributed by atoms with E-state index in [4.69, 9.17) is 0 Å². The van der Waals surface area contributed by atoms with Crippen LogP contribution in [0.5, 0.6) is 0 Å². The van der Waals surface area contributed by atoms with E-state index in [0.29, 0.717) is 6.67 Å². The molecule has 0 aliphatic rings. The molecule has 0 saturated carbocycles. The molecule has 0 bridgehead atoms. The van der Waals surface area contributed by atoms with Crippen molar-refractivity contribution in [3.8, 4) is 0 Å². The van der Waals surface area contributed by atoms with Crippen LogP contribution in [0, 0.1) is 0 Å². The van der Waals surface area contributed by atoms with E-state index in [1.165, 1.54) is 9.70 Å². The van der Waals surface area contributed by atoms with Gasteiger partial charge in [0.05, 0.1) is 0 Å². The largest absolute Gasteiger partial charge is 0.341 e. The highest BCUT2D eigenvalue weighted by Gasteiger charge is 2.08. The minimum absolute atomic E-state index is 0.165. The average molecular weight is 219 g/mol. The van der Waals surface area contributed by atoms with Crippen molar-refractivity contribution in [3.63, 3.8) is 0 Å². The highest BCUT2D eigenvalue weighted by Crippen LogP contribution is 2.07. The van der Waals surface area contributed by atoms with Gasteiger partial charge in [-0.15, -0.1) is 0 Å². The zero-order valence-electron chi connectivity index (χ0n) is 9.21. The van der Waals surface area contributed by atoms with Crippen molar-refractivity contribution in [1.82, 2.24) is 25.2 Å². The van der Waals surface area contributed by atoms with Crippen LogP contribution in [0.15, 0.2) is 24.3 Å². The van der Waals surface area contributed by atoms with E-state index < -0.39 is 0 Å². The number of urea groups is 1. The van der Waals surface area contributed by atoms with E-state index in [-0.39, 0.29) is 6.03 Å². The number of nitrogens with one attached hydrogen (secondary N) is 1. The fraction of sp³-hybridized carbons (Fsp3) is 0.300. The van der Waals surface area contributed by atoms with Crippen LogP contribution >= 0.6 is 0 Å². The van der Waals surface area contributed by atoms with Crippen LogP contribution < -0.4 is 5.32 Å². The fourth-order valence-corrected chi connectivity index (χ4v) is 1.41. The Kier molecular flexibility index (Phi) is 2.72. The van der Waals surface area contributed by atoms with Gasteiger partial charge in [0.2, 0.25) is 0 Å². The van der Waals surface area contributed by atoms with Crippen LogP contribution in [0.1, 0.15) is 0 Å². The molecule has 0 spiro atoms. The van der Waals surface area contributed by atoms with Gasteiger partial charge in [-0.05, 0) is 12.1 Å². The standard InChI is InChI=1S/C10H13N5O/c1-11-10(16)14(2)7-15-12-8-5-3-4-6-9(8)13-15/h3-6H,7H2,1-2H3,(H,11,16). The van der Waals surface area contributed by atoms with Crippen LogP contribution in [0.3, 0.4) is 0 Å². The highest BCUT2D eigenvalue weighted by atomic mass is 16.2. The predicted octanol–water partition coefficient (Wildman–Crippen LogP) is 0.660. The van der Waals surface area contributed by atoms with Gasteiger partial charge in [-0.2, -0.15) is 15.0 Å². The van der Waals surface area contributed by atoms with Crippen LogP contribution in [-0.4, -0.2) is 40.0 Å². The summed E-state index contributed by atoms with van der Waals surface area (Å²) in [7, 11) is 3.28. The van der Waals surface area contributed by atoms with Crippen molar-refractivity contribution in [2.75, 3.05) is 14.1 Å². The Labute approximate surface area is 92.8 Å². The van der Waals surface area contributed by atoms with Crippen molar-refractivity contribution in [2.45, 2.75) is 6.67 Å². The van der Waals surface area contributed by atoms with Gasteiger partial charge in [0.15, 0.2) is 0 Å². The third-order valence-corrected chi connectivity index (χ3v) is 2.23. The molecule has 0 radical (unpaired) electrons. The summed E-state index contributed by atoms with van der Waals surface area (Å²) in [5.41, 5.74) is 1.65. The topological polar surface area (TPSA) is 63.1 Å². The number of benzene rings is 1. The SMILES string of the molecule is CNC(=O)N(C)Cn1nc2ccccc2n1. The van der Waals surface area contributed by atoms with Crippen LogP contribution in [0.25, 0.3) is 11.0 Å². The zero-order valence-corrected chi connectivity index (χ0v) is 9.21. The first-order valence-electron chi connectivity index (χ1n) is 4.93. The molecular formula is C10H13N5O. The summed E-state index contributed by atoms with van der Waals surface area (Å²) in [6.45, 7) is 0.328.